The molecule has 0 aliphatic carbocycles. The first kappa shape index (κ1) is 14.0. The van der Waals surface area contributed by atoms with Gasteiger partial charge in [-0.05, 0) is 20.8 Å². The van der Waals surface area contributed by atoms with Crippen molar-refractivity contribution in [1.82, 2.24) is 29.8 Å². The Morgan fingerprint density at radius 2 is 2.15 bits per heavy atom. The summed E-state index contributed by atoms with van der Waals surface area (Å²) in [5.74, 6) is -0.114. The van der Waals surface area contributed by atoms with E-state index in [0.29, 0.717) is 5.82 Å². The fourth-order valence-corrected chi connectivity index (χ4v) is 1.48. The molecule has 2 heterocycles. The number of ether oxygens (including phenoxy) is 1. The maximum atomic E-state index is 11.8. The lowest BCUT2D eigenvalue weighted by Gasteiger charge is -2.18. The highest BCUT2D eigenvalue weighted by Gasteiger charge is 2.20. The Hall–Kier alpha value is -2.45. The molecule has 2 aromatic rings. The molecule has 0 aliphatic rings. The van der Waals surface area contributed by atoms with E-state index in [2.05, 4.69) is 20.4 Å². The van der Waals surface area contributed by atoms with E-state index in [-0.39, 0.29) is 17.9 Å². The summed E-state index contributed by atoms with van der Waals surface area (Å²) in [5, 5.41) is 11.5. The van der Waals surface area contributed by atoms with Gasteiger partial charge in [-0.25, -0.2) is 19.0 Å². The van der Waals surface area contributed by atoms with Crippen molar-refractivity contribution in [2.24, 2.45) is 7.05 Å². The van der Waals surface area contributed by atoms with Gasteiger partial charge in [0.15, 0.2) is 11.5 Å². The van der Waals surface area contributed by atoms with Crippen LogP contribution in [-0.4, -0.2) is 41.3 Å². The Kier molecular flexibility index (Phi) is 3.43. The maximum Gasteiger partial charge on any atom is 0.361 e. The molecule has 2 rings (SSSR count). The zero-order valence-corrected chi connectivity index (χ0v) is 11.7. The number of carbonyl (C=O) groups is 1. The highest BCUT2D eigenvalue weighted by atomic mass is 16.6. The molecular formula is C11H16N6O3. The average molecular weight is 280 g/mol. The number of hydrogen-bond acceptors (Lipinski definition) is 6. The molecule has 0 radical (unpaired) electrons. The fourth-order valence-electron chi connectivity index (χ4n) is 1.48. The Morgan fingerprint density at radius 1 is 1.45 bits per heavy atom. The van der Waals surface area contributed by atoms with Gasteiger partial charge >= 0.3 is 11.7 Å². The number of aryl methyl sites for hydroxylation is 1. The van der Waals surface area contributed by atoms with Gasteiger partial charge in [0.25, 0.3) is 0 Å². The lowest BCUT2D eigenvalue weighted by molar-refractivity contribution is 0.00627. The predicted molar refractivity (Wildman–Crippen MR) is 68.1 cm³/mol. The second-order valence-electron chi connectivity index (χ2n) is 5.30. The van der Waals surface area contributed by atoms with Gasteiger partial charge in [0.05, 0.1) is 6.20 Å². The quantitative estimate of drug-likeness (QED) is 0.774. The van der Waals surface area contributed by atoms with E-state index in [4.69, 9.17) is 4.74 Å². The third kappa shape index (κ3) is 3.31. The summed E-state index contributed by atoms with van der Waals surface area (Å²) in [4.78, 5) is 25.6. The number of H-pyrrole nitrogens is 1. The first-order valence-corrected chi connectivity index (χ1v) is 6.00. The van der Waals surface area contributed by atoms with Gasteiger partial charge in [-0.1, -0.05) is 5.21 Å². The molecule has 9 nitrogen and oxygen atoms in total. The summed E-state index contributed by atoms with van der Waals surface area (Å²) >= 11 is 0. The molecule has 0 aliphatic heterocycles. The number of rotatable bonds is 3. The molecule has 0 unspecified atom stereocenters. The molecule has 1 N–H and O–H groups in total. The molecule has 0 fully saturated rings. The predicted octanol–water partition coefficient (Wildman–Crippen LogP) is -0.297. The van der Waals surface area contributed by atoms with Crippen LogP contribution in [-0.2, 0) is 18.3 Å². The van der Waals surface area contributed by atoms with E-state index in [9.17, 15) is 9.59 Å². The Labute approximate surface area is 114 Å². The molecule has 9 heteroatoms. The van der Waals surface area contributed by atoms with Crippen molar-refractivity contribution in [3.05, 3.63) is 28.2 Å². The van der Waals surface area contributed by atoms with Crippen LogP contribution in [0.3, 0.4) is 0 Å². The van der Waals surface area contributed by atoms with Crippen LogP contribution in [0.5, 0.6) is 0 Å². The molecule has 2 aromatic heterocycles. The summed E-state index contributed by atoms with van der Waals surface area (Å²) in [5.41, 5.74) is -0.793. The molecule has 20 heavy (non-hydrogen) atoms. The van der Waals surface area contributed by atoms with Crippen LogP contribution in [0.1, 0.15) is 37.1 Å². The van der Waals surface area contributed by atoms with E-state index < -0.39 is 11.6 Å². The molecule has 0 atom stereocenters. The number of aromatic nitrogens is 6. The van der Waals surface area contributed by atoms with E-state index in [0.717, 1.165) is 0 Å². The minimum Gasteiger partial charge on any atom is -0.455 e. The van der Waals surface area contributed by atoms with Gasteiger partial charge in [0.2, 0.25) is 0 Å². The zero-order chi connectivity index (χ0) is 14.9. The molecule has 0 amide bonds. The van der Waals surface area contributed by atoms with Gasteiger partial charge in [-0.3, -0.25) is 4.98 Å². The molecule has 0 spiro atoms. The first-order valence-electron chi connectivity index (χ1n) is 6.00. The largest absolute Gasteiger partial charge is 0.455 e. The van der Waals surface area contributed by atoms with E-state index in [1.165, 1.54) is 22.6 Å². The van der Waals surface area contributed by atoms with Crippen LogP contribution in [0, 0.1) is 0 Å². The van der Waals surface area contributed by atoms with Gasteiger partial charge in [0, 0.05) is 7.05 Å². The van der Waals surface area contributed by atoms with Gasteiger partial charge in [-0.15, -0.1) is 5.10 Å². The number of carbonyl (C=O) groups excluding carboxylic acids is 1. The number of esters is 1. The van der Waals surface area contributed by atoms with Crippen LogP contribution < -0.4 is 5.69 Å². The van der Waals surface area contributed by atoms with Gasteiger partial charge in [-0.2, -0.15) is 5.10 Å². The Morgan fingerprint density at radius 3 is 2.70 bits per heavy atom. The molecule has 0 saturated heterocycles. The van der Waals surface area contributed by atoms with Crippen molar-refractivity contribution in [3.63, 3.8) is 0 Å². The zero-order valence-electron chi connectivity index (χ0n) is 11.7. The van der Waals surface area contributed by atoms with Crippen molar-refractivity contribution in [1.29, 1.82) is 0 Å². The second-order valence-corrected chi connectivity index (χ2v) is 5.30. The van der Waals surface area contributed by atoms with Gasteiger partial charge in [0.1, 0.15) is 12.1 Å². The summed E-state index contributed by atoms with van der Waals surface area (Å²) in [7, 11) is 1.54. The van der Waals surface area contributed by atoms with Crippen molar-refractivity contribution < 1.29 is 9.53 Å². The van der Waals surface area contributed by atoms with Gasteiger partial charge < -0.3 is 4.74 Å². The van der Waals surface area contributed by atoms with E-state index >= 15 is 0 Å². The minimum atomic E-state index is -0.590. The number of hydrogen-bond donors (Lipinski definition) is 1. The fraction of sp³-hybridized carbons (Fsp3) is 0.545. The third-order valence-corrected chi connectivity index (χ3v) is 2.27. The smallest absolute Gasteiger partial charge is 0.361 e. The normalized spacial score (nSPS) is 11.6. The van der Waals surface area contributed by atoms with Crippen molar-refractivity contribution >= 4 is 5.97 Å². The molecule has 0 bridgehead atoms. The van der Waals surface area contributed by atoms with Crippen molar-refractivity contribution in [3.8, 4) is 0 Å². The van der Waals surface area contributed by atoms with E-state index in [1.807, 2.05) is 0 Å². The Balaban J connectivity index is 2.09. The van der Waals surface area contributed by atoms with Crippen LogP contribution in [0.2, 0.25) is 0 Å². The number of nitrogens with one attached hydrogen (secondary N) is 1. The molecular weight excluding hydrogens is 264 g/mol. The molecule has 108 valence electrons. The number of aromatic amines is 1. The summed E-state index contributed by atoms with van der Waals surface area (Å²) in [6.45, 7) is 5.53. The van der Waals surface area contributed by atoms with Crippen LogP contribution in [0.15, 0.2) is 11.0 Å². The van der Waals surface area contributed by atoms with Crippen LogP contribution in [0.4, 0.5) is 0 Å². The van der Waals surface area contributed by atoms with Crippen LogP contribution in [0.25, 0.3) is 0 Å². The monoisotopic (exact) mass is 280 g/mol. The average Bonchev–Trinajstić information content (AvgIpc) is 2.85. The SMILES string of the molecule is Cn1nc(Cn2cc(C(=O)OC(C)(C)C)nn2)[nH]c1=O. The lowest BCUT2D eigenvalue weighted by atomic mass is 10.2. The number of nitrogens with zero attached hydrogens (tertiary/aromatic N) is 5. The van der Waals surface area contributed by atoms with Crippen LogP contribution >= 0.6 is 0 Å². The van der Waals surface area contributed by atoms with Crippen molar-refractivity contribution in [2.75, 3.05) is 0 Å². The topological polar surface area (TPSA) is 108 Å². The highest BCUT2D eigenvalue weighted by molar-refractivity contribution is 5.87. The van der Waals surface area contributed by atoms with E-state index in [1.54, 1.807) is 20.8 Å². The molecule has 0 saturated carbocycles. The maximum absolute atomic E-state index is 11.8. The summed E-state index contributed by atoms with van der Waals surface area (Å²) < 4.78 is 7.76. The third-order valence-electron chi connectivity index (χ3n) is 2.27. The summed E-state index contributed by atoms with van der Waals surface area (Å²) in [6.07, 6.45) is 1.45. The minimum absolute atomic E-state index is 0.109. The second kappa shape index (κ2) is 4.91. The summed E-state index contributed by atoms with van der Waals surface area (Å²) in [6, 6.07) is 0. The van der Waals surface area contributed by atoms with Crippen molar-refractivity contribution in [2.45, 2.75) is 32.9 Å². The molecule has 0 aromatic carbocycles. The highest BCUT2D eigenvalue weighted by Crippen LogP contribution is 2.10. The standard InChI is InChI=1S/C11H16N6O3/c1-11(2,3)20-9(18)7-5-17(15-13-7)6-8-12-10(19)16(4)14-8/h5H,6H2,1-4H3,(H,12,14,19). The first-order chi connectivity index (χ1) is 9.24. The Bertz CT molecular complexity index is 675. The lowest BCUT2D eigenvalue weighted by Crippen LogP contribution is -2.24.